The van der Waals surface area contributed by atoms with Gasteiger partial charge >= 0.3 is 0 Å². The molecule has 3 heteroatoms. The Morgan fingerprint density at radius 2 is 1.88 bits per heavy atom. The molecule has 0 aliphatic rings. The summed E-state index contributed by atoms with van der Waals surface area (Å²) in [4.78, 5) is 11.3. The summed E-state index contributed by atoms with van der Waals surface area (Å²) in [6.45, 7) is 5.75. The van der Waals surface area contributed by atoms with Crippen molar-refractivity contribution >= 4 is 5.91 Å². The molecular formula is C13H18FNO. The van der Waals surface area contributed by atoms with Crippen LogP contribution in [0.1, 0.15) is 32.8 Å². The van der Waals surface area contributed by atoms with Crippen molar-refractivity contribution in [3.63, 3.8) is 0 Å². The number of amides is 1. The predicted molar refractivity (Wildman–Crippen MR) is 62.6 cm³/mol. The summed E-state index contributed by atoms with van der Waals surface area (Å²) in [5.74, 6) is -0.203. The van der Waals surface area contributed by atoms with Crippen molar-refractivity contribution < 1.29 is 9.18 Å². The molecule has 1 amide bonds. The largest absolute Gasteiger partial charge is 0.351 e. The van der Waals surface area contributed by atoms with Crippen LogP contribution in [0, 0.1) is 5.82 Å². The lowest BCUT2D eigenvalue weighted by atomic mass is 9.95. The highest BCUT2D eigenvalue weighted by Crippen LogP contribution is 2.13. The summed E-state index contributed by atoms with van der Waals surface area (Å²) in [6.07, 6.45) is 1.17. The molecular weight excluding hydrogens is 205 g/mol. The van der Waals surface area contributed by atoms with Gasteiger partial charge in [-0.3, -0.25) is 4.79 Å². The molecule has 0 bridgehead atoms. The highest BCUT2D eigenvalue weighted by molar-refractivity contribution is 5.76. The zero-order chi connectivity index (χ0) is 12.2. The van der Waals surface area contributed by atoms with E-state index in [1.165, 1.54) is 12.1 Å². The standard InChI is InChI=1S/C13H18FNO/c1-4-12(16)15-13(2,3)9-10-5-7-11(14)8-6-10/h5-8H,4,9H2,1-3H3,(H,15,16). The summed E-state index contributed by atoms with van der Waals surface area (Å²) in [5, 5.41) is 2.94. The smallest absolute Gasteiger partial charge is 0.220 e. The van der Waals surface area contributed by atoms with Crippen LogP contribution in [0.4, 0.5) is 4.39 Å². The minimum Gasteiger partial charge on any atom is -0.351 e. The highest BCUT2D eigenvalue weighted by Gasteiger charge is 2.19. The number of hydrogen-bond acceptors (Lipinski definition) is 1. The van der Waals surface area contributed by atoms with Gasteiger partial charge in [-0.1, -0.05) is 19.1 Å². The summed E-state index contributed by atoms with van der Waals surface area (Å²) in [5.41, 5.74) is 0.716. The second kappa shape index (κ2) is 5.10. The molecule has 0 fully saturated rings. The average Bonchev–Trinajstić information content (AvgIpc) is 2.20. The number of carbonyl (C=O) groups excluding carboxylic acids is 1. The molecule has 1 aromatic carbocycles. The van der Waals surface area contributed by atoms with E-state index in [1.807, 2.05) is 20.8 Å². The van der Waals surface area contributed by atoms with E-state index in [0.29, 0.717) is 12.8 Å². The fourth-order valence-corrected chi connectivity index (χ4v) is 1.62. The van der Waals surface area contributed by atoms with Crippen molar-refractivity contribution in [2.45, 2.75) is 39.2 Å². The van der Waals surface area contributed by atoms with Crippen LogP contribution in [-0.4, -0.2) is 11.4 Å². The zero-order valence-corrected chi connectivity index (χ0v) is 10.0. The molecule has 16 heavy (non-hydrogen) atoms. The Bertz CT molecular complexity index is 357. The second-order valence-electron chi connectivity index (χ2n) is 4.59. The molecule has 1 aromatic rings. The fraction of sp³-hybridized carbons (Fsp3) is 0.462. The van der Waals surface area contributed by atoms with E-state index in [2.05, 4.69) is 5.32 Å². The number of hydrogen-bond donors (Lipinski definition) is 1. The Hall–Kier alpha value is -1.38. The van der Waals surface area contributed by atoms with Gasteiger partial charge in [-0.2, -0.15) is 0 Å². The van der Waals surface area contributed by atoms with Crippen LogP contribution >= 0.6 is 0 Å². The van der Waals surface area contributed by atoms with E-state index in [1.54, 1.807) is 12.1 Å². The number of halogens is 1. The van der Waals surface area contributed by atoms with E-state index < -0.39 is 0 Å². The summed E-state index contributed by atoms with van der Waals surface area (Å²) >= 11 is 0. The van der Waals surface area contributed by atoms with E-state index in [-0.39, 0.29) is 17.3 Å². The summed E-state index contributed by atoms with van der Waals surface area (Å²) < 4.78 is 12.7. The van der Waals surface area contributed by atoms with Crippen LogP contribution in [0.3, 0.4) is 0 Å². The predicted octanol–water partition coefficient (Wildman–Crippen LogP) is 2.67. The Morgan fingerprint density at radius 1 is 1.31 bits per heavy atom. The van der Waals surface area contributed by atoms with Gasteiger partial charge in [-0.25, -0.2) is 4.39 Å². The number of carbonyl (C=O) groups is 1. The molecule has 2 nitrogen and oxygen atoms in total. The van der Waals surface area contributed by atoms with Gasteiger partial charge in [0.1, 0.15) is 5.82 Å². The first-order valence-electron chi connectivity index (χ1n) is 5.48. The SMILES string of the molecule is CCC(=O)NC(C)(C)Cc1ccc(F)cc1. The maximum Gasteiger partial charge on any atom is 0.220 e. The first kappa shape index (κ1) is 12.7. The number of rotatable bonds is 4. The number of benzene rings is 1. The van der Waals surface area contributed by atoms with Crippen molar-refractivity contribution in [1.29, 1.82) is 0 Å². The second-order valence-corrected chi connectivity index (χ2v) is 4.59. The molecule has 0 saturated heterocycles. The van der Waals surface area contributed by atoms with Crippen molar-refractivity contribution in [3.05, 3.63) is 35.6 Å². The Kier molecular flexibility index (Phi) is 4.05. The van der Waals surface area contributed by atoms with Gasteiger partial charge in [-0.15, -0.1) is 0 Å². The first-order valence-corrected chi connectivity index (χ1v) is 5.48. The van der Waals surface area contributed by atoms with Crippen molar-refractivity contribution in [1.82, 2.24) is 5.32 Å². The van der Waals surface area contributed by atoms with E-state index in [0.717, 1.165) is 5.56 Å². The van der Waals surface area contributed by atoms with Crippen LogP contribution in [0.2, 0.25) is 0 Å². The maximum absolute atomic E-state index is 12.7. The minimum absolute atomic E-state index is 0.0344. The van der Waals surface area contributed by atoms with Gasteiger partial charge in [0.2, 0.25) is 5.91 Å². The average molecular weight is 223 g/mol. The molecule has 0 heterocycles. The lowest BCUT2D eigenvalue weighted by Gasteiger charge is -2.26. The third-order valence-corrected chi connectivity index (χ3v) is 2.36. The Labute approximate surface area is 95.9 Å². The summed E-state index contributed by atoms with van der Waals surface area (Å²) in [7, 11) is 0. The fourth-order valence-electron chi connectivity index (χ4n) is 1.62. The minimum atomic E-state index is -0.301. The molecule has 0 radical (unpaired) electrons. The third kappa shape index (κ3) is 4.01. The van der Waals surface area contributed by atoms with Crippen LogP contribution in [0.25, 0.3) is 0 Å². The van der Waals surface area contributed by atoms with Gasteiger partial charge in [0.15, 0.2) is 0 Å². The maximum atomic E-state index is 12.7. The van der Waals surface area contributed by atoms with Crippen LogP contribution in [-0.2, 0) is 11.2 Å². The monoisotopic (exact) mass is 223 g/mol. The zero-order valence-electron chi connectivity index (χ0n) is 10.0. The molecule has 1 N–H and O–H groups in total. The molecule has 1 rings (SSSR count). The lowest BCUT2D eigenvalue weighted by molar-refractivity contribution is -0.122. The highest BCUT2D eigenvalue weighted by atomic mass is 19.1. The third-order valence-electron chi connectivity index (χ3n) is 2.36. The van der Waals surface area contributed by atoms with Gasteiger partial charge in [0.05, 0.1) is 0 Å². The van der Waals surface area contributed by atoms with Crippen molar-refractivity contribution in [2.24, 2.45) is 0 Å². The van der Waals surface area contributed by atoms with Gasteiger partial charge in [0.25, 0.3) is 0 Å². The topological polar surface area (TPSA) is 29.1 Å². The molecule has 0 spiro atoms. The van der Waals surface area contributed by atoms with Crippen molar-refractivity contribution in [3.8, 4) is 0 Å². The lowest BCUT2D eigenvalue weighted by Crippen LogP contribution is -2.44. The van der Waals surface area contributed by atoms with E-state index in [4.69, 9.17) is 0 Å². The van der Waals surface area contributed by atoms with Gasteiger partial charge < -0.3 is 5.32 Å². The Balaban J connectivity index is 2.64. The van der Waals surface area contributed by atoms with Crippen LogP contribution in [0.15, 0.2) is 24.3 Å². The van der Waals surface area contributed by atoms with Crippen LogP contribution in [0.5, 0.6) is 0 Å². The molecule has 0 saturated carbocycles. The van der Waals surface area contributed by atoms with Crippen molar-refractivity contribution in [2.75, 3.05) is 0 Å². The molecule has 0 aromatic heterocycles. The quantitative estimate of drug-likeness (QED) is 0.835. The molecule has 0 aliphatic heterocycles. The molecule has 88 valence electrons. The molecule has 0 unspecified atom stereocenters. The van der Waals surface area contributed by atoms with Crippen LogP contribution < -0.4 is 5.32 Å². The van der Waals surface area contributed by atoms with E-state index in [9.17, 15) is 9.18 Å². The normalized spacial score (nSPS) is 11.2. The van der Waals surface area contributed by atoms with Gasteiger partial charge in [0, 0.05) is 12.0 Å². The van der Waals surface area contributed by atoms with E-state index >= 15 is 0 Å². The first-order chi connectivity index (χ1) is 7.43. The van der Waals surface area contributed by atoms with Gasteiger partial charge in [-0.05, 0) is 38.0 Å². The Morgan fingerprint density at radius 3 is 2.38 bits per heavy atom. The molecule has 0 atom stereocenters. The molecule has 0 aliphatic carbocycles. The number of nitrogens with one attached hydrogen (secondary N) is 1. The summed E-state index contributed by atoms with van der Waals surface area (Å²) in [6, 6.07) is 6.37.